The van der Waals surface area contributed by atoms with E-state index in [0.29, 0.717) is 22.2 Å². The van der Waals surface area contributed by atoms with E-state index in [4.69, 9.17) is 16.3 Å². The van der Waals surface area contributed by atoms with Crippen molar-refractivity contribution in [1.29, 1.82) is 0 Å². The Hall–Kier alpha value is -3.72. The van der Waals surface area contributed by atoms with Crippen LogP contribution >= 0.6 is 11.6 Å². The molecule has 1 N–H and O–H groups in total. The molecule has 0 atom stereocenters. The van der Waals surface area contributed by atoms with Crippen LogP contribution in [-0.2, 0) is 14.3 Å². The van der Waals surface area contributed by atoms with Crippen LogP contribution in [0.5, 0.6) is 0 Å². The van der Waals surface area contributed by atoms with Gasteiger partial charge in [0.05, 0.1) is 29.1 Å². The predicted octanol–water partition coefficient (Wildman–Crippen LogP) is 2.48. The van der Waals surface area contributed by atoms with E-state index in [-0.39, 0.29) is 12.1 Å². The minimum atomic E-state index is -0.693. The molecule has 2 aromatic heterocycles. The Labute approximate surface area is 183 Å². The summed E-state index contributed by atoms with van der Waals surface area (Å²) in [6.07, 6.45) is 2.97. The van der Waals surface area contributed by atoms with Gasteiger partial charge < -0.3 is 15.0 Å². The average Bonchev–Trinajstić information content (AvgIpc) is 3.15. The van der Waals surface area contributed by atoms with Crippen LogP contribution in [-0.4, -0.2) is 57.6 Å². The summed E-state index contributed by atoms with van der Waals surface area (Å²) in [5.74, 6) is -1.10. The van der Waals surface area contributed by atoms with Crippen LogP contribution in [0.1, 0.15) is 16.1 Å². The van der Waals surface area contributed by atoms with Gasteiger partial charge in [-0.15, -0.1) is 0 Å². The van der Waals surface area contributed by atoms with Crippen molar-refractivity contribution in [2.24, 2.45) is 0 Å². The number of para-hydroxylation sites is 1. The van der Waals surface area contributed by atoms with Crippen molar-refractivity contribution in [3.63, 3.8) is 0 Å². The second-order valence-electron chi connectivity index (χ2n) is 6.60. The second kappa shape index (κ2) is 9.86. The molecule has 9 nitrogen and oxygen atoms in total. The lowest BCUT2D eigenvalue weighted by molar-refractivity contribution is -0.136. The van der Waals surface area contributed by atoms with Gasteiger partial charge in [-0.25, -0.2) is 14.5 Å². The maximum absolute atomic E-state index is 12.4. The zero-order valence-electron chi connectivity index (χ0n) is 16.9. The highest BCUT2D eigenvalue weighted by Crippen LogP contribution is 2.20. The maximum Gasteiger partial charge on any atom is 0.342 e. The molecule has 2 amide bonds. The lowest BCUT2D eigenvalue weighted by Crippen LogP contribution is -2.37. The molecule has 0 aliphatic carbocycles. The molecule has 0 aliphatic heterocycles. The van der Waals surface area contributed by atoms with Crippen LogP contribution in [0.3, 0.4) is 0 Å². The summed E-state index contributed by atoms with van der Waals surface area (Å²) < 4.78 is 6.61. The van der Waals surface area contributed by atoms with Crippen LogP contribution in [0.25, 0.3) is 5.82 Å². The van der Waals surface area contributed by atoms with Gasteiger partial charge in [0.2, 0.25) is 5.91 Å². The van der Waals surface area contributed by atoms with Crippen LogP contribution in [0.15, 0.2) is 54.9 Å². The molecule has 3 rings (SSSR count). The van der Waals surface area contributed by atoms with Crippen molar-refractivity contribution in [3.05, 3.63) is 71.1 Å². The lowest BCUT2D eigenvalue weighted by atomic mass is 10.2. The third-order valence-electron chi connectivity index (χ3n) is 4.38. The van der Waals surface area contributed by atoms with Gasteiger partial charge in [-0.3, -0.25) is 9.59 Å². The molecule has 0 fully saturated rings. The molecule has 160 valence electrons. The average molecular weight is 442 g/mol. The number of ether oxygens (including phenoxy) is 1. The van der Waals surface area contributed by atoms with Crippen molar-refractivity contribution in [3.8, 4) is 5.82 Å². The van der Waals surface area contributed by atoms with Crippen LogP contribution < -0.4 is 5.32 Å². The van der Waals surface area contributed by atoms with E-state index >= 15 is 0 Å². The number of esters is 1. The number of anilines is 1. The first-order valence-corrected chi connectivity index (χ1v) is 9.66. The molecule has 0 unspecified atom stereocenters. The number of hydrogen-bond acceptors (Lipinski definition) is 6. The number of carbonyl (C=O) groups excluding carboxylic acids is 3. The molecule has 2 heterocycles. The Balaban J connectivity index is 1.53. The third kappa shape index (κ3) is 5.46. The lowest BCUT2D eigenvalue weighted by Gasteiger charge is -2.17. The van der Waals surface area contributed by atoms with Gasteiger partial charge >= 0.3 is 5.97 Å². The summed E-state index contributed by atoms with van der Waals surface area (Å²) in [6.45, 7) is 0.965. The Morgan fingerprint density at radius 2 is 1.90 bits per heavy atom. The Morgan fingerprint density at radius 1 is 1.16 bits per heavy atom. The number of rotatable bonds is 7. The molecule has 3 aromatic rings. The van der Waals surface area contributed by atoms with E-state index in [0.717, 1.165) is 4.90 Å². The summed E-state index contributed by atoms with van der Waals surface area (Å²) in [5, 5.41) is 7.16. The van der Waals surface area contributed by atoms with Crippen molar-refractivity contribution in [1.82, 2.24) is 19.7 Å². The van der Waals surface area contributed by atoms with Crippen molar-refractivity contribution in [2.75, 3.05) is 25.5 Å². The SMILES string of the molecule is Cc1c(C(=O)OCC(=O)N(C)CC(=O)Nc2ccccc2Cl)cnn1-c1ccccn1. The van der Waals surface area contributed by atoms with Crippen LogP contribution in [0.4, 0.5) is 5.69 Å². The summed E-state index contributed by atoms with van der Waals surface area (Å²) in [5.41, 5.74) is 1.20. The smallest absolute Gasteiger partial charge is 0.342 e. The first kappa shape index (κ1) is 22.0. The number of pyridine rings is 1. The Morgan fingerprint density at radius 3 is 2.61 bits per heavy atom. The molecule has 1 aromatic carbocycles. The van der Waals surface area contributed by atoms with Crippen molar-refractivity contribution >= 4 is 35.1 Å². The maximum atomic E-state index is 12.4. The van der Waals surface area contributed by atoms with E-state index < -0.39 is 24.4 Å². The third-order valence-corrected chi connectivity index (χ3v) is 4.71. The number of aromatic nitrogens is 3. The Kier molecular flexibility index (Phi) is 6.99. The number of hydrogen-bond donors (Lipinski definition) is 1. The molecule has 0 radical (unpaired) electrons. The molecular weight excluding hydrogens is 422 g/mol. The number of likely N-dealkylation sites (N-methyl/N-ethyl adjacent to an activating group) is 1. The van der Waals surface area contributed by atoms with Gasteiger partial charge in [-0.2, -0.15) is 5.10 Å². The Bertz CT molecular complexity index is 1100. The number of amides is 2. The molecule has 10 heteroatoms. The monoisotopic (exact) mass is 441 g/mol. The predicted molar refractivity (Wildman–Crippen MR) is 114 cm³/mol. The van der Waals surface area contributed by atoms with Crippen LogP contribution in [0, 0.1) is 6.92 Å². The first-order valence-electron chi connectivity index (χ1n) is 9.28. The van der Waals surface area contributed by atoms with Crippen LogP contribution in [0.2, 0.25) is 5.02 Å². The minimum Gasteiger partial charge on any atom is -0.452 e. The van der Waals surface area contributed by atoms with Crippen molar-refractivity contribution < 1.29 is 19.1 Å². The highest BCUT2D eigenvalue weighted by atomic mass is 35.5. The molecule has 0 saturated heterocycles. The highest BCUT2D eigenvalue weighted by molar-refractivity contribution is 6.33. The molecule has 31 heavy (non-hydrogen) atoms. The number of nitrogens with zero attached hydrogens (tertiary/aromatic N) is 4. The number of carbonyl (C=O) groups is 3. The molecule has 0 aliphatic rings. The number of benzene rings is 1. The zero-order valence-corrected chi connectivity index (χ0v) is 17.7. The van der Waals surface area contributed by atoms with Gasteiger partial charge in [-0.1, -0.05) is 29.8 Å². The summed E-state index contributed by atoms with van der Waals surface area (Å²) >= 11 is 6.00. The van der Waals surface area contributed by atoms with Gasteiger partial charge in [0, 0.05) is 13.2 Å². The van der Waals surface area contributed by atoms with E-state index in [2.05, 4.69) is 15.4 Å². The fraction of sp³-hybridized carbons (Fsp3) is 0.190. The molecule has 0 saturated carbocycles. The minimum absolute atomic E-state index is 0.220. The number of nitrogens with one attached hydrogen (secondary N) is 1. The summed E-state index contributed by atoms with van der Waals surface area (Å²) in [6, 6.07) is 12.1. The van der Waals surface area contributed by atoms with E-state index in [1.54, 1.807) is 55.6 Å². The fourth-order valence-electron chi connectivity index (χ4n) is 2.69. The standard InChI is InChI=1S/C21H20ClN5O4/c1-14-15(11-24-27(14)18-9-5-6-10-23-18)21(30)31-13-20(29)26(2)12-19(28)25-17-8-4-3-7-16(17)22/h3-11H,12-13H2,1-2H3,(H,25,28). The van der Waals surface area contributed by atoms with Crippen molar-refractivity contribution in [2.45, 2.75) is 6.92 Å². The van der Waals surface area contributed by atoms with Gasteiger partial charge in [0.1, 0.15) is 5.56 Å². The van der Waals surface area contributed by atoms with Gasteiger partial charge in [0.25, 0.3) is 5.91 Å². The summed E-state index contributed by atoms with van der Waals surface area (Å²) in [7, 11) is 1.44. The normalized spacial score (nSPS) is 10.4. The van der Waals surface area contributed by atoms with Gasteiger partial charge in [0.15, 0.2) is 12.4 Å². The topological polar surface area (TPSA) is 106 Å². The first-order chi connectivity index (χ1) is 14.9. The summed E-state index contributed by atoms with van der Waals surface area (Å²) in [4.78, 5) is 42.1. The number of halogens is 1. The van der Waals surface area contributed by atoms with Gasteiger partial charge in [-0.05, 0) is 31.2 Å². The van der Waals surface area contributed by atoms with E-state index in [9.17, 15) is 14.4 Å². The molecular formula is C21H20ClN5O4. The second-order valence-corrected chi connectivity index (χ2v) is 7.00. The highest BCUT2D eigenvalue weighted by Gasteiger charge is 2.20. The quantitative estimate of drug-likeness (QED) is 0.564. The molecule has 0 spiro atoms. The van der Waals surface area contributed by atoms with E-state index in [1.807, 2.05) is 0 Å². The zero-order chi connectivity index (χ0) is 22.4. The van der Waals surface area contributed by atoms with E-state index in [1.165, 1.54) is 17.9 Å². The largest absolute Gasteiger partial charge is 0.452 e. The molecule has 0 bridgehead atoms. The fourth-order valence-corrected chi connectivity index (χ4v) is 2.87.